The van der Waals surface area contributed by atoms with Gasteiger partial charge < -0.3 is 14.4 Å². The van der Waals surface area contributed by atoms with Gasteiger partial charge in [0.15, 0.2) is 0 Å². The maximum Gasteiger partial charge on any atom is 0.409 e. The number of nitrogens with zero attached hydrogens (tertiary/aromatic N) is 2. The molecular formula is C13H24N4O4. The Morgan fingerprint density at radius 2 is 2.00 bits per heavy atom. The zero-order valence-corrected chi connectivity index (χ0v) is 12.4. The van der Waals surface area contributed by atoms with Gasteiger partial charge in [-0.05, 0) is 19.8 Å². The highest BCUT2D eigenvalue weighted by atomic mass is 16.6. The Hall–Kier alpha value is -1.38. The van der Waals surface area contributed by atoms with Crippen molar-refractivity contribution in [3.8, 4) is 0 Å². The van der Waals surface area contributed by atoms with Crippen LogP contribution in [0.15, 0.2) is 0 Å². The molecule has 2 aliphatic heterocycles. The molecule has 2 saturated heterocycles. The number of nitrogens with two attached hydrogens (primary N) is 1. The topological polar surface area (TPSA) is 97.1 Å². The van der Waals surface area contributed by atoms with Gasteiger partial charge in [0.25, 0.3) is 5.91 Å². The summed E-state index contributed by atoms with van der Waals surface area (Å²) in [5.74, 6) is 4.85. The minimum Gasteiger partial charge on any atom is -0.450 e. The molecule has 0 saturated carbocycles. The summed E-state index contributed by atoms with van der Waals surface area (Å²) in [6.07, 6.45) is 0.948. The summed E-state index contributed by atoms with van der Waals surface area (Å²) in [6.45, 7) is 5.92. The largest absolute Gasteiger partial charge is 0.450 e. The van der Waals surface area contributed by atoms with E-state index in [2.05, 4.69) is 10.3 Å². The molecule has 2 fully saturated rings. The molecule has 2 unspecified atom stereocenters. The summed E-state index contributed by atoms with van der Waals surface area (Å²) in [5, 5.41) is 0. The van der Waals surface area contributed by atoms with E-state index in [-0.39, 0.29) is 18.1 Å². The van der Waals surface area contributed by atoms with E-state index >= 15 is 0 Å². The summed E-state index contributed by atoms with van der Waals surface area (Å²) in [5.41, 5.74) is 2.13. The van der Waals surface area contributed by atoms with Crippen molar-refractivity contribution in [1.82, 2.24) is 15.2 Å². The summed E-state index contributed by atoms with van der Waals surface area (Å²) in [7, 11) is 0. The Balaban J connectivity index is 1.70. The zero-order chi connectivity index (χ0) is 15.2. The molecule has 2 heterocycles. The second-order valence-corrected chi connectivity index (χ2v) is 5.32. The smallest absolute Gasteiger partial charge is 0.409 e. The zero-order valence-electron chi connectivity index (χ0n) is 12.4. The fourth-order valence-corrected chi connectivity index (χ4v) is 2.74. The van der Waals surface area contributed by atoms with E-state index in [1.807, 2.05) is 0 Å². The van der Waals surface area contributed by atoms with E-state index in [0.717, 1.165) is 26.1 Å². The van der Waals surface area contributed by atoms with Gasteiger partial charge in [-0.1, -0.05) is 0 Å². The lowest BCUT2D eigenvalue weighted by atomic mass is 10.1. The first-order chi connectivity index (χ1) is 10.1. The molecule has 0 aromatic heterocycles. The van der Waals surface area contributed by atoms with E-state index in [0.29, 0.717) is 26.1 Å². The van der Waals surface area contributed by atoms with E-state index in [9.17, 15) is 9.59 Å². The number of hydrogen-bond acceptors (Lipinski definition) is 6. The van der Waals surface area contributed by atoms with Gasteiger partial charge in [-0.15, -0.1) is 0 Å². The quantitative estimate of drug-likeness (QED) is 0.405. The van der Waals surface area contributed by atoms with E-state index in [1.165, 1.54) is 0 Å². The highest BCUT2D eigenvalue weighted by molar-refractivity contribution is 5.80. The lowest BCUT2D eigenvalue weighted by molar-refractivity contribution is -0.132. The lowest BCUT2D eigenvalue weighted by Crippen LogP contribution is -2.50. The molecular weight excluding hydrogens is 276 g/mol. The molecule has 2 amide bonds. The predicted molar refractivity (Wildman–Crippen MR) is 75.3 cm³/mol. The van der Waals surface area contributed by atoms with Crippen LogP contribution < -0.4 is 11.3 Å². The van der Waals surface area contributed by atoms with Crippen LogP contribution in [0.1, 0.15) is 19.8 Å². The molecule has 2 rings (SSSR count). The van der Waals surface area contributed by atoms with Gasteiger partial charge in [-0.2, -0.15) is 0 Å². The van der Waals surface area contributed by atoms with Gasteiger partial charge in [0.2, 0.25) is 0 Å². The second kappa shape index (κ2) is 7.58. The number of carbonyl (C=O) groups is 2. The third-order valence-electron chi connectivity index (χ3n) is 3.90. The molecule has 0 aliphatic carbocycles. The first kappa shape index (κ1) is 16.0. The van der Waals surface area contributed by atoms with Gasteiger partial charge in [-0.25, -0.2) is 10.6 Å². The average Bonchev–Trinajstić information content (AvgIpc) is 2.96. The predicted octanol–water partition coefficient (Wildman–Crippen LogP) is -0.702. The summed E-state index contributed by atoms with van der Waals surface area (Å²) < 4.78 is 10.7. The fraction of sp³-hybridized carbons (Fsp3) is 0.846. The highest BCUT2D eigenvalue weighted by Crippen LogP contribution is 2.21. The van der Waals surface area contributed by atoms with Crippen molar-refractivity contribution in [3.05, 3.63) is 0 Å². The van der Waals surface area contributed by atoms with Crippen LogP contribution >= 0.6 is 0 Å². The van der Waals surface area contributed by atoms with Crippen LogP contribution in [0.3, 0.4) is 0 Å². The third kappa shape index (κ3) is 4.29. The number of piperazine rings is 1. The molecule has 0 radical (unpaired) electrons. The van der Waals surface area contributed by atoms with Gasteiger partial charge >= 0.3 is 6.09 Å². The standard InChI is InChI=1S/C13H24N4O4/c1-2-20-13(19)17-7-5-16(6-8-17)9-10-3-4-11(21-10)12(18)15-14/h10-11H,2-9,14H2,1H3,(H,15,18). The number of nitrogens with one attached hydrogen (secondary N) is 1. The summed E-state index contributed by atoms with van der Waals surface area (Å²) >= 11 is 0. The molecule has 8 nitrogen and oxygen atoms in total. The molecule has 3 N–H and O–H groups in total. The Morgan fingerprint density at radius 3 is 2.62 bits per heavy atom. The third-order valence-corrected chi connectivity index (χ3v) is 3.90. The van der Waals surface area contributed by atoms with Crippen molar-refractivity contribution in [2.24, 2.45) is 5.84 Å². The molecule has 0 bridgehead atoms. The Morgan fingerprint density at radius 1 is 1.29 bits per heavy atom. The normalized spacial score (nSPS) is 26.7. The average molecular weight is 300 g/mol. The number of hydrazine groups is 1. The number of hydrogen-bond donors (Lipinski definition) is 2. The summed E-state index contributed by atoms with van der Waals surface area (Å²) in [4.78, 5) is 27.0. The summed E-state index contributed by atoms with van der Waals surface area (Å²) in [6, 6.07) is 0. The second-order valence-electron chi connectivity index (χ2n) is 5.32. The molecule has 0 aromatic carbocycles. The molecule has 2 atom stereocenters. The molecule has 2 aliphatic rings. The SMILES string of the molecule is CCOC(=O)N1CCN(CC2CCC(C(=O)NN)O2)CC1. The number of ether oxygens (including phenoxy) is 2. The van der Waals surface area contributed by atoms with Crippen LogP contribution in [-0.4, -0.2) is 73.3 Å². The van der Waals surface area contributed by atoms with Crippen LogP contribution in [0.25, 0.3) is 0 Å². The number of rotatable bonds is 4. The molecule has 120 valence electrons. The van der Waals surface area contributed by atoms with Gasteiger partial charge in [0.05, 0.1) is 12.7 Å². The van der Waals surface area contributed by atoms with Crippen LogP contribution in [-0.2, 0) is 14.3 Å². The number of amides is 2. The van der Waals surface area contributed by atoms with Crippen molar-refractivity contribution in [2.75, 3.05) is 39.3 Å². The van der Waals surface area contributed by atoms with E-state index in [1.54, 1.807) is 11.8 Å². The maximum absolute atomic E-state index is 11.6. The van der Waals surface area contributed by atoms with Crippen LogP contribution in [0.4, 0.5) is 4.79 Å². The van der Waals surface area contributed by atoms with Gasteiger partial charge in [-0.3, -0.25) is 15.1 Å². The van der Waals surface area contributed by atoms with Crippen molar-refractivity contribution < 1.29 is 19.1 Å². The Kier molecular flexibility index (Phi) is 5.77. The van der Waals surface area contributed by atoms with E-state index < -0.39 is 6.10 Å². The number of carbonyl (C=O) groups excluding carboxylic acids is 2. The minimum absolute atomic E-state index is 0.0569. The van der Waals surface area contributed by atoms with Crippen molar-refractivity contribution in [1.29, 1.82) is 0 Å². The Labute approximate surface area is 124 Å². The molecule has 8 heteroatoms. The fourth-order valence-electron chi connectivity index (χ4n) is 2.74. The van der Waals surface area contributed by atoms with Crippen LogP contribution in [0.5, 0.6) is 0 Å². The van der Waals surface area contributed by atoms with Crippen LogP contribution in [0, 0.1) is 0 Å². The monoisotopic (exact) mass is 300 g/mol. The highest BCUT2D eigenvalue weighted by Gasteiger charge is 2.32. The first-order valence-corrected chi connectivity index (χ1v) is 7.44. The van der Waals surface area contributed by atoms with Crippen molar-refractivity contribution in [3.63, 3.8) is 0 Å². The minimum atomic E-state index is -0.430. The van der Waals surface area contributed by atoms with Crippen molar-refractivity contribution in [2.45, 2.75) is 32.0 Å². The maximum atomic E-state index is 11.6. The van der Waals surface area contributed by atoms with Crippen molar-refractivity contribution >= 4 is 12.0 Å². The molecule has 21 heavy (non-hydrogen) atoms. The van der Waals surface area contributed by atoms with E-state index in [4.69, 9.17) is 15.3 Å². The van der Waals surface area contributed by atoms with Crippen LogP contribution in [0.2, 0.25) is 0 Å². The molecule has 0 spiro atoms. The van der Waals surface area contributed by atoms with Gasteiger partial charge in [0.1, 0.15) is 6.10 Å². The Bertz CT molecular complexity index is 371. The molecule has 0 aromatic rings. The lowest BCUT2D eigenvalue weighted by Gasteiger charge is -2.35. The van der Waals surface area contributed by atoms with Gasteiger partial charge in [0, 0.05) is 32.7 Å². The first-order valence-electron chi connectivity index (χ1n) is 7.44.